The summed E-state index contributed by atoms with van der Waals surface area (Å²) in [5, 5.41) is 2.60. The van der Waals surface area contributed by atoms with Crippen molar-refractivity contribution in [2.75, 3.05) is 11.1 Å². The molecule has 1 amide bonds. The third-order valence-corrected chi connectivity index (χ3v) is 3.95. The molecule has 2 aromatic rings. The first kappa shape index (κ1) is 13.5. The molecule has 0 bridgehead atoms. The van der Waals surface area contributed by atoms with Gasteiger partial charge in [-0.2, -0.15) is 0 Å². The van der Waals surface area contributed by atoms with Crippen LogP contribution in [0.3, 0.4) is 0 Å². The zero-order chi connectivity index (χ0) is 13.8. The lowest BCUT2D eigenvalue weighted by atomic mass is 10.2. The summed E-state index contributed by atoms with van der Waals surface area (Å²) in [5.74, 6) is 0.743. The van der Waals surface area contributed by atoms with E-state index < -0.39 is 0 Å². The summed E-state index contributed by atoms with van der Waals surface area (Å²) >= 11 is 1.46. The first-order valence-corrected chi connectivity index (χ1v) is 6.82. The van der Waals surface area contributed by atoms with Crippen LogP contribution >= 0.6 is 11.8 Å². The number of carbonyl (C=O) groups is 1. The van der Waals surface area contributed by atoms with Crippen molar-refractivity contribution in [2.24, 2.45) is 0 Å². The lowest BCUT2D eigenvalue weighted by Crippen LogP contribution is -2.22. The van der Waals surface area contributed by atoms with E-state index in [1.807, 2.05) is 32.0 Å². The summed E-state index contributed by atoms with van der Waals surface area (Å²) in [5.41, 5.74) is 7.00. The van der Waals surface area contributed by atoms with Gasteiger partial charge in [-0.25, -0.2) is 0 Å². The van der Waals surface area contributed by atoms with E-state index in [1.54, 1.807) is 18.4 Å². The normalized spacial score (nSPS) is 12.1. The monoisotopic (exact) mass is 276 g/mol. The van der Waals surface area contributed by atoms with Crippen LogP contribution in [-0.2, 0) is 4.79 Å². The molecule has 100 valence electrons. The van der Waals surface area contributed by atoms with E-state index in [2.05, 4.69) is 5.32 Å². The predicted octanol–water partition coefficient (Wildman–Crippen LogP) is 3.29. The van der Waals surface area contributed by atoms with Gasteiger partial charge in [0.2, 0.25) is 5.91 Å². The Morgan fingerprint density at radius 3 is 2.74 bits per heavy atom. The summed E-state index contributed by atoms with van der Waals surface area (Å²) in [7, 11) is 0. The molecule has 0 spiro atoms. The van der Waals surface area contributed by atoms with Crippen LogP contribution in [0.4, 0.5) is 11.4 Å². The minimum Gasteiger partial charge on any atom is -0.468 e. The van der Waals surface area contributed by atoms with Gasteiger partial charge >= 0.3 is 0 Å². The van der Waals surface area contributed by atoms with Crippen LogP contribution in [0.1, 0.15) is 12.7 Å². The smallest absolute Gasteiger partial charge is 0.237 e. The second-order valence-electron chi connectivity index (χ2n) is 4.18. The van der Waals surface area contributed by atoms with Gasteiger partial charge in [-0.05, 0) is 32.0 Å². The molecule has 0 aliphatic carbocycles. The number of hydrogen-bond donors (Lipinski definition) is 2. The molecule has 1 atom stereocenters. The van der Waals surface area contributed by atoms with Crippen molar-refractivity contribution in [3.8, 4) is 0 Å². The van der Waals surface area contributed by atoms with Crippen molar-refractivity contribution in [3.63, 3.8) is 0 Å². The molecule has 0 saturated carbocycles. The van der Waals surface area contributed by atoms with E-state index >= 15 is 0 Å². The van der Waals surface area contributed by atoms with E-state index in [4.69, 9.17) is 10.2 Å². The van der Waals surface area contributed by atoms with E-state index in [1.165, 1.54) is 11.8 Å². The Morgan fingerprint density at radius 1 is 1.37 bits per heavy atom. The number of carbonyl (C=O) groups excluding carboxylic acids is 1. The number of aryl methyl sites for hydroxylation is 1. The Kier molecular flexibility index (Phi) is 4.16. The van der Waals surface area contributed by atoms with Crippen LogP contribution < -0.4 is 11.1 Å². The zero-order valence-electron chi connectivity index (χ0n) is 10.8. The summed E-state index contributed by atoms with van der Waals surface area (Å²) in [6.45, 7) is 3.73. The highest BCUT2D eigenvalue weighted by Gasteiger charge is 2.17. The van der Waals surface area contributed by atoms with Gasteiger partial charge in [-0.3, -0.25) is 4.79 Å². The van der Waals surface area contributed by atoms with Crippen LogP contribution in [0, 0.1) is 6.92 Å². The molecule has 3 N–H and O–H groups in total. The maximum Gasteiger partial charge on any atom is 0.237 e. The third-order valence-electron chi connectivity index (χ3n) is 2.70. The first-order valence-electron chi connectivity index (χ1n) is 5.94. The highest BCUT2D eigenvalue weighted by Crippen LogP contribution is 2.28. The predicted molar refractivity (Wildman–Crippen MR) is 78.2 cm³/mol. The average molecular weight is 276 g/mol. The minimum atomic E-state index is -0.226. The van der Waals surface area contributed by atoms with Gasteiger partial charge in [-0.1, -0.05) is 12.1 Å². The van der Waals surface area contributed by atoms with Crippen molar-refractivity contribution >= 4 is 29.0 Å². The molecule has 1 heterocycles. The molecule has 0 aliphatic heterocycles. The number of hydrogen-bond acceptors (Lipinski definition) is 4. The molecule has 4 nitrogen and oxygen atoms in total. The number of rotatable bonds is 4. The maximum absolute atomic E-state index is 12.1. The molecule has 1 unspecified atom stereocenters. The first-order chi connectivity index (χ1) is 9.08. The molecule has 0 aliphatic rings. The third kappa shape index (κ3) is 3.32. The molecule has 0 saturated heterocycles. The number of thioether (sulfide) groups is 1. The number of nitrogens with two attached hydrogens (primary N) is 1. The molecule has 19 heavy (non-hydrogen) atoms. The lowest BCUT2D eigenvalue weighted by Gasteiger charge is -2.12. The molecular formula is C14H16N2O2S. The summed E-state index contributed by atoms with van der Waals surface area (Å²) in [6.07, 6.45) is 1.62. The standard InChI is InChI=1S/C14H16N2O2S/c1-9-13(7-8-18-9)19-10(2)14(17)16-12-6-4-3-5-11(12)15/h3-8,10H,15H2,1-2H3,(H,16,17). The number of furan rings is 1. The number of para-hydroxylation sites is 2. The highest BCUT2D eigenvalue weighted by atomic mass is 32.2. The SMILES string of the molecule is Cc1occc1SC(C)C(=O)Nc1ccccc1N. The fourth-order valence-corrected chi connectivity index (χ4v) is 2.48. The maximum atomic E-state index is 12.1. The molecule has 2 rings (SSSR count). The van der Waals surface area contributed by atoms with Crippen molar-refractivity contribution in [3.05, 3.63) is 42.4 Å². The molecular weight excluding hydrogens is 260 g/mol. The molecule has 0 radical (unpaired) electrons. The lowest BCUT2D eigenvalue weighted by molar-refractivity contribution is -0.115. The molecule has 0 fully saturated rings. The van der Waals surface area contributed by atoms with Gasteiger partial charge in [0, 0.05) is 4.90 Å². The van der Waals surface area contributed by atoms with Crippen LogP contribution in [0.25, 0.3) is 0 Å². The van der Waals surface area contributed by atoms with Crippen LogP contribution in [-0.4, -0.2) is 11.2 Å². The Labute approximate surface area is 116 Å². The summed E-state index contributed by atoms with van der Waals surface area (Å²) in [6, 6.07) is 9.07. The second kappa shape index (κ2) is 5.84. The number of benzene rings is 1. The number of amides is 1. The average Bonchev–Trinajstić information content (AvgIpc) is 2.78. The number of nitrogen functional groups attached to an aromatic ring is 1. The minimum absolute atomic E-state index is 0.0801. The van der Waals surface area contributed by atoms with Crippen LogP contribution in [0.15, 0.2) is 45.9 Å². The fraction of sp³-hybridized carbons (Fsp3) is 0.214. The van der Waals surface area contributed by atoms with Crippen molar-refractivity contribution in [1.29, 1.82) is 0 Å². The van der Waals surface area contributed by atoms with Gasteiger partial charge < -0.3 is 15.5 Å². The van der Waals surface area contributed by atoms with Crippen molar-refractivity contribution in [1.82, 2.24) is 0 Å². The van der Waals surface area contributed by atoms with E-state index in [9.17, 15) is 4.79 Å². The van der Waals surface area contributed by atoms with Crippen molar-refractivity contribution < 1.29 is 9.21 Å². The van der Waals surface area contributed by atoms with Gasteiger partial charge in [0.1, 0.15) is 5.76 Å². The second-order valence-corrected chi connectivity index (χ2v) is 5.56. The molecule has 5 heteroatoms. The Morgan fingerprint density at radius 2 is 2.11 bits per heavy atom. The zero-order valence-corrected chi connectivity index (χ0v) is 11.7. The topological polar surface area (TPSA) is 68.3 Å². The summed E-state index contributed by atoms with van der Waals surface area (Å²) < 4.78 is 5.21. The quantitative estimate of drug-likeness (QED) is 0.664. The van der Waals surface area contributed by atoms with Gasteiger partial charge in [0.05, 0.1) is 22.9 Å². The number of anilines is 2. The molecule has 1 aromatic carbocycles. The Balaban J connectivity index is 2.00. The Hall–Kier alpha value is -1.88. The van der Waals surface area contributed by atoms with Gasteiger partial charge in [-0.15, -0.1) is 11.8 Å². The van der Waals surface area contributed by atoms with Crippen LogP contribution in [0.2, 0.25) is 0 Å². The van der Waals surface area contributed by atoms with Crippen molar-refractivity contribution in [2.45, 2.75) is 24.0 Å². The van der Waals surface area contributed by atoms with Gasteiger partial charge in [0.15, 0.2) is 0 Å². The fourth-order valence-electron chi connectivity index (χ4n) is 1.58. The Bertz CT molecular complexity index is 580. The van der Waals surface area contributed by atoms with Crippen LogP contribution in [0.5, 0.6) is 0 Å². The van der Waals surface area contributed by atoms with E-state index in [0.717, 1.165) is 10.7 Å². The number of nitrogens with one attached hydrogen (secondary N) is 1. The van der Waals surface area contributed by atoms with E-state index in [-0.39, 0.29) is 11.2 Å². The summed E-state index contributed by atoms with van der Waals surface area (Å²) in [4.78, 5) is 13.1. The largest absolute Gasteiger partial charge is 0.468 e. The van der Waals surface area contributed by atoms with E-state index in [0.29, 0.717) is 11.4 Å². The highest BCUT2D eigenvalue weighted by molar-refractivity contribution is 8.00. The van der Waals surface area contributed by atoms with Gasteiger partial charge in [0.25, 0.3) is 0 Å². The molecule has 1 aromatic heterocycles.